The molecule has 164 valence electrons. The third-order valence-electron chi connectivity index (χ3n) is 5.67. The molecule has 2 aromatic carbocycles. The van der Waals surface area contributed by atoms with Gasteiger partial charge in [-0.1, -0.05) is 12.1 Å². The molecule has 9 heteroatoms. The second kappa shape index (κ2) is 9.02. The molecule has 0 bridgehead atoms. The first kappa shape index (κ1) is 21.9. The molecule has 2 saturated heterocycles. The van der Waals surface area contributed by atoms with E-state index in [-0.39, 0.29) is 23.1 Å². The van der Waals surface area contributed by atoms with Crippen LogP contribution in [0.5, 0.6) is 0 Å². The van der Waals surface area contributed by atoms with Gasteiger partial charge in [0.2, 0.25) is 21.8 Å². The summed E-state index contributed by atoms with van der Waals surface area (Å²) in [5.41, 5.74) is 1.20. The maximum atomic E-state index is 12.8. The van der Waals surface area contributed by atoms with Crippen LogP contribution in [0.3, 0.4) is 0 Å². The standard InChI is InChI=1S/C22H25N3O4S2/c1-30-19-8-5-7-18(14-19)25-15-16(12-21(25)26)22(27)23-17-6-4-9-20(13-17)31(28,29)24-10-2-3-11-24/h4-9,13-14,16H,2-3,10-12,15H2,1H3,(H,23,27)/t16-/m1/s1. The first-order valence-corrected chi connectivity index (χ1v) is 12.9. The Labute approximate surface area is 186 Å². The van der Waals surface area contributed by atoms with Gasteiger partial charge in [-0.05, 0) is 55.5 Å². The van der Waals surface area contributed by atoms with E-state index in [0.717, 1.165) is 23.4 Å². The van der Waals surface area contributed by atoms with E-state index in [1.807, 2.05) is 30.5 Å². The Morgan fingerprint density at radius 1 is 1.10 bits per heavy atom. The second-order valence-corrected chi connectivity index (χ2v) is 10.6. The van der Waals surface area contributed by atoms with Crippen molar-refractivity contribution in [3.05, 3.63) is 48.5 Å². The minimum atomic E-state index is -3.56. The Morgan fingerprint density at radius 2 is 1.84 bits per heavy atom. The lowest BCUT2D eigenvalue weighted by Gasteiger charge is -2.18. The van der Waals surface area contributed by atoms with Crippen LogP contribution in [0.4, 0.5) is 11.4 Å². The fourth-order valence-corrected chi connectivity index (χ4v) is 5.98. The summed E-state index contributed by atoms with van der Waals surface area (Å²) in [4.78, 5) is 28.2. The Bertz CT molecular complexity index is 1100. The van der Waals surface area contributed by atoms with Crippen LogP contribution in [-0.4, -0.2) is 50.4 Å². The average molecular weight is 460 g/mol. The molecule has 0 radical (unpaired) electrons. The lowest BCUT2D eigenvalue weighted by atomic mass is 10.1. The van der Waals surface area contributed by atoms with Crippen LogP contribution < -0.4 is 10.2 Å². The third-order valence-corrected chi connectivity index (χ3v) is 8.29. The predicted octanol–water partition coefficient (Wildman–Crippen LogP) is 3.18. The van der Waals surface area contributed by atoms with Crippen LogP contribution in [0.25, 0.3) is 0 Å². The summed E-state index contributed by atoms with van der Waals surface area (Å²) in [6, 6.07) is 14.0. The van der Waals surface area contributed by atoms with Gasteiger partial charge in [-0.3, -0.25) is 9.59 Å². The monoisotopic (exact) mass is 459 g/mol. The molecule has 0 aliphatic carbocycles. The van der Waals surface area contributed by atoms with E-state index in [1.54, 1.807) is 34.9 Å². The van der Waals surface area contributed by atoms with Gasteiger partial charge in [0.15, 0.2) is 0 Å². The van der Waals surface area contributed by atoms with Crippen molar-refractivity contribution in [1.29, 1.82) is 0 Å². The number of hydrogen-bond donors (Lipinski definition) is 1. The SMILES string of the molecule is CSc1cccc(N2C[C@H](C(=O)Nc3cccc(S(=O)(=O)N4CCCC4)c3)CC2=O)c1. The number of nitrogens with one attached hydrogen (secondary N) is 1. The van der Waals surface area contributed by atoms with E-state index in [1.165, 1.54) is 10.4 Å². The topological polar surface area (TPSA) is 86.8 Å². The van der Waals surface area contributed by atoms with Gasteiger partial charge in [-0.2, -0.15) is 4.31 Å². The van der Waals surface area contributed by atoms with Crippen molar-refractivity contribution in [1.82, 2.24) is 4.31 Å². The summed E-state index contributed by atoms with van der Waals surface area (Å²) in [5.74, 6) is -0.874. The average Bonchev–Trinajstić information content (AvgIpc) is 3.44. The lowest BCUT2D eigenvalue weighted by Crippen LogP contribution is -2.29. The van der Waals surface area contributed by atoms with Crippen LogP contribution in [0.1, 0.15) is 19.3 Å². The molecule has 2 fully saturated rings. The first-order valence-electron chi connectivity index (χ1n) is 10.2. The van der Waals surface area contributed by atoms with Crippen LogP contribution in [-0.2, 0) is 19.6 Å². The number of anilines is 2. The summed E-state index contributed by atoms with van der Waals surface area (Å²) in [6.07, 6.45) is 3.82. The smallest absolute Gasteiger partial charge is 0.243 e. The molecule has 4 rings (SSSR count). The van der Waals surface area contributed by atoms with Gasteiger partial charge in [-0.25, -0.2) is 8.42 Å². The molecule has 0 unspecified atom stereocenters. The molecular formula is C22H25N3O4S2. The van der Waals surface area contributed by atoms with E-state index in [4.69, 9.17) is 0 Å². The van der Waals surface area contributed by atoms with E-state index in [2.05, 4.69) is 5.32 Å². The molecule has 31 heavy (non-hydrogen) atoms. The van der Waals surface area contributed by atoms with E-state index < -0.39 is 15.9 Å². The lowest BCUT2D eigenvalue weighted by molar-refractivity contribution is -0.122. The summed E-state index contributed by atoms with van der Waals surface area (Å²) >= 11 is 1.59. The van der Waals surface area contributed by atoms with Gasteiger partial charge < -0.3 is 10.2 Å². The highest BCUT2D eigenvalue weighted by atomic mass is 32.2. The Kier molecular flexibility index (Phi) is 6.36. The quantitative estimate of drug-likeness (QED) is 0.671. The zero-order valence-corrected chi connectivity index (χ0v) is 18.9. The molecule has 2 aliphatic rings. The van der Waals surface area contributed by atoms with Gasteiger partial charge in [0, 0.05) is 42.3 Å². The largest absolute Gasteiger partial charge is 0.326 e. The van der Waals surface area contributed by atoms with Crippen LogP contribution in [0.2, 0.25) is 0 Å². The van der Waals surface area contributed by atoms with Gasteiger partial charge in [0.05, 0.1) is 10.8 Å². The fraction of sp³-hybridized carbons (Fsp3) is 0.364. The van der Waals surface area contributed by atoms with Crippen LogP contribution in [0, 0.1) is 5.92 Å². The molecule has 0 aromatic heterocycles. The number of carbonyl (C=O) groups excluding carboxylic acids is 2. The maximum absolute atomic E-state index is 12.8. The third kappa shape index (κ3) is 4.63. The van der Waals surface area contributed by atoms with E-state index in [9.17, 15) is 18.0 Å². The van der Waals surface area contributed by atoms with Crippen molar-refractivity contribution < 1.29 is 18.0 Å². The normalized spacial score (nSPS) is 19.7. The molecule has 2 amide bonds. The molecule has 1 N–H and O–H groups in total. The van der Waals surface area contributed by atoms with Crippen molar-refractivity contribution in [2.45, 2.75) is 29.1 Å². The van der Waals surface area contributed by atoms with Crippen LogP contribution >= 0.6 is 11.8 Å². The Morgan fingerprint density at radius 3 is 2.58 bits per heavy atom. The molecule has 0 spiro atoms. The van der Waals surface area contributed by atoms with Gasteiger partial charge in [-0.15, -0.1) is 11.8 Å². The number of carbonyl (C=O) groups is 2. The number of thioether (sulfide) groups is 1. The highest BCUT2D eigenvalue weighted by Gasteiger charge is 2.35. The van der Waals surface area contributed by atoms with Gasteiger partial charge in [0.25, 0.3) is 0 Å². The van der Waals surface area contributed by atoms with Crippen molar-refractivity contribution in [3.63, 3.8) is 0 Å². The molecule has 2 aromatic rings. The summed E-state index contributed by atoms with van der Waals surface area (Å²) in [5, 5.41) is 2.80. The van der Waals surface area contributed by atoms with Gasteiger partial charge in [0.1, 0.15) is 0 Å². The number of hydrogen-bond acceptors (Lipinski definition) is 5. The zero-order chi connectivity index (χ0) is 22.0. The number of nitrogens with zero attached hydrogens (tertiary/aromatic N) is 2. The maximum Gasteiger partial charge on any atom is 0.243 e. The van der Waals surface area contributed by atoms with Gasteiger partial charge >= 0.3 is 0 Å². The van der Waals surface area contributed by atoms with Crippen molar-refractivity contribution in [3.8, 4) is 0 Å². The highest BCUT2D eigenvalue weighted by Crippen LogP contribution is 2.29. The zero-order valence-electron chi connectivity index (χ0n) is 17.3. The van der Waals surface area contributed by atoms with Crippen molar-refractivity contribution in [2.75, 3.05) is 36.1 Å². The fourth-order valence-electron chi connectivity index (χ4n) is 3.97. The molecule has 2 aliphatic heterocycles. The second-order valence-electron chi connectivity index (χ2n) is 7.74. The summed E-state index contributed by atoms with van der Waals surface area (Å²) in [7, 11) is -3.56. The number of rotatable bonds is 6. The predicted molar refractivity (Wildman–Crippen MR) is 122 cm³/mol. The van der Waals surface area contributed by atoms with E-state index in [0.29, 0.717) is 25.3 Å². The van der Waals surface area contributed by atoms with Crippen LogP contribution in [0.15, 0.2) is 58.3 Å². The number of benzene rings is 2. The minimum Gasteiger partial charge on any atom is -0.326 e. The van der Waals surface area contributed by atoms with Crippen molar-refractivity contribution in [2.24, 2.45) is 5.92 Å². The molecule has 7 nitrogen and oxygen atoms in total. The Balaban J connectivity index is 1.46. The number of amides is 2. The highest BCUT2D eigenvalue weighted by molar-refractivity contribution is 7.98. The minimum absolute atomic E-state index is 0.0937. The van der Waals surface area contributed by atoms with Crippen molar-refractivity contribution >= 4 is 45.0 Å². The summed E-state index contributed by atoms with van der Waals surface area (Å²) in [6.45, 7) is 1.35. The first-order chi connectivity index (χ1) is 14.9. The number of sulfonamides is 1. The molecule has 1 atom stereocenters. The van der Waals surface area contributed by atoms with E-state index >= 15 is 0 Å². The summed E-state index contributed by atoms with van der Waals surface area (Å²) < 4.78 is 27.0. The molecule has 2 heterocycles. The molecular weight excluding hydrogens is 434 g/mol. The Hall–Kier alpha value is -2.36. The molecule has 0 saturated carbocycles.